The number of piperidine rings is 3. The van der Waals surface area contributed by atoms with Gasteiger partial charge in [0.1, 0.15) is 6.10 Å². The van der Waals surface area contributed by atoms with E-state index in [4.69, 9.17) is 9.47 Å². The van der Waals surface area contributed by atoms with Crippen molar-refractivity contribution >= 4 is 6.29 Å². The molecular weight excluding hydrogens is 242 g/mol. The Balaban J connectivity index is 1.84. The minimum absolute atomic E-state index is 0.178. The van der Waals surface area contributed by atoms with Gasteiger partial charge in [-0.15, -0.1) is 0 Å². The van der Waals surface area contributed by atoms with E-state index in [9.17, 15) is 4.79 Å². The van der Waals surface area contributed by atoms with Gasteiger partial charge in [-0.05, 0) is 44.0 Å². The first kappa shape index (κ1) is 12.5. The van der Waals surface area contributed by atoms with Gasteiger partial charge in [-0.1, -0.05) is 6.07 Å². The highest BCUT2D eigenvalue weighted by Crippen LogP contribution is 2.36. The fourth-order valence-electron chi connectivity index (χ4n) is 3.11. The number of nitrogens with zero attached hydrogens (tertiary/aromatic N) is 1. The quantitative estimate of drug-likeness (QED) is 0.777. The molecule has 3 aliphatic rings. The van der Waals surface area contributed by atoms with Crippen molar-refractivity contribution in [1.29, 1.82) is 0 Å². The van der Waals surface area contributed by atoms with Crippen LogP contribution in [0.4, 0.5) is 0 Å². The number of benzene rings is 1. The van der Waals surface area contributed by atoms with E-state index in [1.165, 1.54) is 25.9 Å². The number of fused-ring (bicyclic) bond motifs is 3. The number of rotatable bonds is 4. The molecule has 3 fully saturated rings. The highest BCUT2D eigenvalue weighted by molar-refractivity contribution is 5.81. The minimum atomic E-state index is 0.178. The van der Waals surface area contributed by atoms with Crippen molar-refractivity contribution < 1.29 is 14.3 Å². The predicted octanol–water partition coefficient (Wildman–Crippen LogP) is 1.98. The minimum Gasteiger partial charge on any atom is -0.493 e. The second kappa shape index (κ2) is 5.21. The Labute approximate surface area is 113 Å². The van der Waals surface area contributed by atoms with Gasteiger partial charge in [0.2, 0.25) is 0 Å². The number of aldehydes is 1. The Morgan fingerprint density at radius 3 is 2.68 bits per heavy atom. The van der Waals surface area contributed by atoms with E-state index < -0.39 is 0 Å². The van der Waals surface area contributed by atoms with Crippen LogP contribution in [-0.2, 0) is 0 Å². The maximum absolute atomic E-state index is 11.2. The van der Waals surface area contributed by atoms with E-state index in [0.717, 1.165) is 12.8 Å². The van der Waals surface area contributed by atoms with Crippen molar-refractivity contribution in [3.8, 4) is 11.5 Å². The third-order valence-electron chi connectivity index (χ3n) is 4.22. The van der Waals surface area contributed by atoms with Crippen LogP contribution in [-0.4, -0.2) is 44.0 Å². The Morgan fingerprint density at radius 1 is 1.32 bits per heavy atom. The summed E-state index contributed by atoms with van der Waals surface area (Å²) in [4.78, 5) is 13.6. The molecule has 0 saturated carbocycles. The normalized spacial score (nSPS) is 29.0. The van der Waals surface area contributed by atoms with Gasteiger partial charge in [0.25, 0.3) is 0 Å². The summed E-state index contributed by atoms with van der Waals surface area (Å²) in [6.07, 6.45) is 3.39. The SMILES string of the molecule is COc1cccc(C=O)c1OC1CN2CCC1CC2. The van der Waals surface area contributed by atoms with Crippen LogP contribution in [0.3, 0.4) is 0 Å². The van der Waals surface area contributed by atoms with Crippen molar-refractivity contribution in [2.24, 2.45) is 5.92 Å². The number of hydrogen-bond acceptors (Lipinski definition) is 4. The molecule has 3 aliphatic heterocycles. The molecular formula is C15H19NO3. The molecule has 4 nitrogen and oxygen atoms in total. The molecule has 0 radical (unpaired) electrons. The number of methoxy groups -OCH3 is 1. The van der Waals surface area contributed by atoms with Crippen LogP contribution in [0.25, 0.3) is 0 Å². The molecule has 102 valence electrons. The van der Waals surface area contributed by atoms with E-state index in [0.29, 0.717) is 23.0 Å². The first-order valence-corrected chi connectivity index (χ1v) is 6.83. The van der Waals surface area contributed by atoms with Crippen molar-refractivity contribution in [3.63, 3.8) is 0 Å². The van der Waals surface area contributed by atoms with Crippen molar-refractivity contribution in [2.45, 2.75) is 18.9 Å². The lowest BCUT2D eigenvalue weighted by Crippen LogP contribution is -2.52. The summed E-state index contributed by atoms with van der Waals surface area (Å²) in [6, 6.07) is 5.42. The second-order valence-corrected chi connectivity index (χ2v) is 5.29. The fourth-order valence-corrected chi connectivity index (χ4v) is 3.11. The molecule has 4 heteroatoms. The van der Waals surface area contributed by atoms with Crippen LogP contribution in [0.15, 0.2) is 18.2 Å². The molecule has 3 saturated heterocycles. The molecule has 1 atom stereocenters. The smallest absolute Gasteiger partial charge is 0.172 e. The molecule has 3 heterocycles. The van der Waals surface area contributed by atoms with Gasteiger partial charge in [0, 0.05) is 6.54 Å². The average molecular weight is 261 g/mol. The predicted molar refractivity (Wildman–Crippen MR) is 72.0 cm³/mol. The maximum atomic E-state index is 11.2. The highest BCUT2D eigenvalue weighted by Gasteiger charge is 2.36. The largest absolute Gasteiger partial charge is 0.493 e. The number of hydrogen-bond donors (Lipinski definition) is 0. The molecule has 19 heavy (non-hydrogen) atoms. The van der Waals surface area contributed by atoms with Gasteiger partial charge in [-0.2, -0.15) is 0 Å². The Hall–Kier alpha value is -1.55. The average Bonchev–Trinajstić information content (AvgIpc) is 2.48. The van der Waals surface area contributed by atoms with E-state index in [2.05, 4.69) is 4.90 Å². The molecule has 1 aromatic carbocycles. The summed E-state index contributed by atoms with van der Waals surface area (Å²) >= 11 is 0. The first-order valence-electron chi connectivity index (χ1n) is 6.83. The second-order valence-electron chi connectivity index (χ2n) is 5.29. The van der Waals surface area contributed by atoms with Crippen LogP contribution < -0.4 is 9.47 Å². The number of carbonyl (C=O) groups excluding carboxylic acids is 1. The highest BCUT2D eigenvalue weighted by atomic mass is 16.5. The first-order chi connectivity index (χ1) is 9.31. The monoisotopic (exact) mass is 261 g/mol. The van der Waals surface area contributed by atoms with E-state index in [1.54, 1.807) is 13.2 Å². The zero-order valence-electron chi connectivity index (χ0n) is 11.2. The van der Waals surface area contributed by atoms with Crippen LogP contribution in [0, 0.1) is 5.92 Å². The van der Waals surface area contributed by atoms with Crippen molar-refractivity contribution in [1.82, 2.24) is 4.90 Å². The molecule has 1 aromatic rings. The summed E-state index contributed by atoms with van der Waals surface area (Å²) in [6.45, 7) is 3.31. The van der Waals surface area contributed by atoms with Crippen LogP contribution >= 0.6 is 0 Å². The van der Waals surface area contributed by atoms with Gasteiger partial charge >= 0.3 is 0 Å². The third-order valence-corrected chi connectivity index (χ3v) is 4.22. The number of para-hydroxylation sites is 1. The molecule has 1 unspecified atom stereocenters. The van der Waals surface area contributed by atoms with E-state index in [-0.39, 0.29) is 6.10 Å². The molecule has 0 aromatic heterocycles. The summed E-state index contributed by atoms with van der Waals surface area (Å²) < 4.78 is 11.4. The maximum Gasteiger partial charge on any atom is 0.172 e. The van der Waals surface area contributed by atoms with Crippen molar-refractivity contribution in [2.75, 3.05) is 26.7 Å². The van der Waals surface area contributed by atoms with Crippen LogP contribution in [0.1, 0.15) is 23.2 Å². The Bertz CT molecular complexity index is 466. The van der Waals surface area contributed by atoms with Crippen molar-refractivity contribution in [3.05, 3.63) is 23.8 Å². The Morgan fingerprint density at radius 2 is 2.11 bits per heavy atom. The lowest BCUT2D eigenvalue weighted by molar-refractivity contribution is -0.00906. The number of ether oxygens (including phenoxy) is 2. The summed E-state index contributed by atoms with van der Waals surface area (Å²) in [7, 11) is 1.60. The standard InChI is InChI=1S/C15H19NO3/c1-18-13-4-2-3-12(10-17)15(13)19-14-9-16-7-5-11(14)6-8-16/h2-4,10-11,14H,5-9H2,1H3. The van der Waals surface area contributed by atoms with E-state index in [1.807, 2.05) is 12.1 Å². The van der Waals surface area contributed by atoms with Gasteiger partial charge in [-0.25, -0.2) is 0 Å². The molecule has 0 N–H and O–H groups in total. The summed E-state index contributed by atoms with van der Waals surface area (Å²) in [5.74, 6) is 1.84. The molecule has 0 aliphatic carbocycles. The molecule has 2 bridgehead atoms. The molecule has 0 spiro atoms. The molecule has 4 rings (SSSR count). The zero-order chi connectivity index (χ0) is 13.2. The Kier molecular flexibility index (Phi) is 3.42. The fraction of sp³-hybridized carbons (Fsp3) is 0.533. The topological polar surface area (TPSA) is 38.8 Å². The lowest BCUT2D eigenvalue weighted by Gasteiger charge is -2.44. The summed E-state index contributed by atoms with van der Waals surface area (Å²) in [5.41, 5.74) is 0.566. The van der Waals surface area contributed by atoms with Gasteiger partial charge in [-0.3, -0.25) is 9.69 Å². The summed E-state index contributed by atoms with van der Waals surface area (Å²) in [5, 5.41) is 0. The van der Waals surface area contributed by atoms with Gasteiger partial charge in [0.05, 0.1) is 12.7 Å². The van der Waals surface area contributed by atoms with Crippen LogP contribution in [0.2, 0.25) is 0 Å². The third kappa shape index (κ3) is 2.32. The van der Waals surface area contributed by atoms with E-state index >= 15 is 0 Å². The lowest BCUT2D eigenvalue weighted by atomic mass is 9.86. The van der Waals surface area contributed by atoms with Gasteiger partial charge < -0.3 is 9.47 Å². The van der Waals surface area contributed by atoms with Gasteiger partial charge in [0.15, 0.2) is 17.8 Å². The number of carbonyl (C=O) groups is 1. The zero-order valence-corrected chi connectivity index (χ0v) is 11.2. The molecule has 0 amide bonds. The van der Waals surface area contributed by atoms with Crippen LogP contribution in [0.5, 0.6) is 11.5 Å².